The normalized spacial score (nSPS) is 13.9. The lowest BCUT2D eigenvalue weighted by atomic mass is 10.1. The van der Waals surface area contributed by atoms with Gasteiger partial charge in [-0.15, -0.1) is 5.10 Å². The average Bonchev–Trinajstić information content (AvgIpc) is 3.36. The van der Waals surface area contributed by atoms with Crippen LogP contribution in [0.5, 0.6) is 0 Å². The van der Waals surface area contributed by atoms with Gasteiger partial charge in [0.25, 0.3) is 0 Å². The van der Waals surface area contributed by atoms with Gasteiger partial charge in [-0.3, -0.25) is 4.79 Å². The Morgan fingerprint density at radius 1 is 1.08 bits per heavy atom. The topological polar surface area (TPSA) is 128 Å². The molecule has 1 fully saturated rings. The van der Waals surface area contributed by atoms with Crippen molar-refractivity contribution in [1.82, 2.24) is 25.0 Å². The number of anilines is 3. The molecule has 1 aliphatic rings. The highest BCUT2D eigenvalue weighted by Crippen LogP contribution is 2.32. The third-order valence-electron chi connectivity index (χ3n) is 6.73. The first-order chi connectivity index (χ1) is 18.9. The summed E-state index contributed by atoms with van der Waals surface area (Å²) in [5, 5.41) is 12.4. The van der Waals surface area contributed by atoms with E-state index in [-0.39, 0.29) is 17.4 Å². The fraction of sp³-hybridized carbons (Fsp3) is 0.286. The summed E-state index contributed by atoms with van der Waals surface area (Å²) >= 11 is 0. The Morgan fingerprint density at radius 2 is 1.90 bits per heavy atom. The molecular formula is C28H27N7O4. The van der Waals surface area contributed by atoms with Gasteiger partial charge < -0.3 is 19.4 Å². The second-order valence-corrected chi connectivity index (χ2v) is 9.70. The predicted octanol–water partition coefficient (Wildman–Crippen LogP) is 4.36. The molecule has 0 unspecified atom stereocenters. The van der Waals surface area contributed by atoms with E-state index in [9.17, 15) is 9.59 Å². The Morgan fingerprint density at radius 3 is 2.67 bits per heavy atom. The number of hydrogen-bond acceptors (Lipinski definition) is 10. The summed E-state index contributed by atoms with van der Waals surface area (Å²) in [5.41, 5.74) is 4.41. The molecule has 0 amide bonds. The maximum Gasteiger partial charge on any atom is 0.349 e. The molecule has 0 saturated carbocycles. The number of benzene rings is 2. The highest BCUT2D eigenvalue weighted by Gasteiger charge is 2.24. The lowest BCUT2D eigenvalue weighted by Crippen LogP contribution is -2.38. The zero-order valence-corrected chi connectivity index (χ0v) is 21.8. The molecule has 6 rings (SSSR count). The predicted molar refractivity (Wildman–Crippen MR) is 148 cm³/mol. The molecule has 11 heteroatoms. The molecule has 1 N–H and O–H groups in total. The van der Waals surface area contributed by atoms with E-state index >= 15 is 0 Å². The number of hydrogen-bond donors (Lipinski definition) is 1. The minimum atomic E-state index is -0.655. The highest BCUT2D eigenvalue weighted by atomic mass is 16.5. The van der Waals surface area contributed by atoms with Crippen LogP contribution in [0.3, 0.4) is 0 Å². The first-order valence-corrected chi connectivity index (χ1v) is 12.8. The summed E-state index contributed by atoms with van der Waals surface area (Å²) in [7, 11) is 0. The number of nitrogens with zero attached hydrogens (tertiary/aromatic N) is 6. The van der Waals surface area contributed by atoms with Gasteiger partial charge in [0.1, 0.15) is 16.7 Å². The molecule has 39 heavy (non-hydrogen) atoms. The van der Waals surface area contributed by atoms with Crippen LogP contribution in [0.25, 0.3) is 33.3 Å². The Bertz CT molecular complexity index is 1770. The van der Waals surface area contributed by atoms with Gasteiger partial charge in [-0.2, -0.15) is 0 Å². The van der Waals surface area contributed by atoms with E-state index in [0.29, 0.717) is 54.6 Å². The molecule has 0 bridgehead atoms. The largest absolute Gasteiger partial charge is 0.422 e. The molecule has 0 spiro atoms. The van der Waals surface area contributed by atoms with Gasteiger partial charge in [0.2, 0.25) is 5.95 Å². The van der Waals surface area contributed by atoms with Crippen LogP contribution in [0, 0.1) is 0 Å². The third kappa shape index (κ3) is 4.61. The monoisotopic (exact) mass is 525 g/mol. The number of Topliss-reactive ketones (excluding diaryl/α,β-unsaturated/α-hetero) is 1. The number of carbonyl (C=O) groups is 1. The van der Waals surface area contributed by atoms with Crippen molar-refractivity contribution in [1.29, 1.82) is 0 Å². The molecule has 0 atom stereocenters. The Kier molecular flexibility index (Phi) is 6.27. The Labute approximate surface area is 223 Å². The molecule has 0 aliphatic carbocycles. The van der Waals surface area contributed by atoms with E-state index in [1.165, 1.54) is 6.92 Å². The summed E-state index contributed by atoms with van der Waals surface area (Å²) in [6.07, 6.45) is 1.68. The van der Waals surface area contributed by atoms with E-state index < -0.39 is 5.63 Å². The van der Waals surface area contributed by atoms with Gasteiger partial charge in [0, 0.05) is 48.0 Å². The van der Waals surface area contributed by atoms with Crippen molar-refractivity contribution in [2.24, 2.45) is 0 Å². The maximum absolute atomic E-state index is 12.8. The maximum atomic E-state index is 12.8. The van der Waals surface area contributed by atoms with Crippen LogP contribution in [-0.4, -0.2) is 57.0 Å². The zero-order chi connectivity index (χ0) is 27.1. The smallest absolute Gasteiger partial charge is 0.349 e. The molecule has 4 heterocycles. The lowest BCUT2D eigenvalue weighted by molar-refractivity contribution is 0.101. The van der Waals surface area contributed by atoms with Crippen LogP contribution in [0.1, 0.15) is 37.2 Å². The number of fused-ring (bicyclic) bond motifs is 2. The Hall–Kier alpha value is -4.64. The summed E-state index contributed by atoms with van der Waals surface area (Å²) in [6, 6.07) is 13.3. The number of nitrogens with one attached hydrogen (secondary N) is 1. The van der Waals surface area contributed by atoms with Crippen molar-refractivity contribution in [3.05, 3.63) is 64.6 Å². The van der Waals surface area contributed by atoms with Crippen LogP contribution in [0.2, 0.25) is 0 Å². The van der Waals surface area contributed by atoms with Crippen LogP contribution in [-0.2, 0) is 4.74 Å². The van der Waals surface area contributed by atoms with E-state index in [2.05, 4.69) is 34.5 Å². The third-order valence-corrected chi connectivity index (χ3v) is 6.73. The van der Waals surface area contributed by atoms with Crippen LogP contribution in [0.15, 0.2) is 57.9 Å². The van der Waals surface area contributed by atoms with E-state index in [4.69, 9.17) is 14.1 Å². The number of aromatic nitrogens is 5. The first kappa shape index (κ1) is 24.7. The van der Waals surface area contributed by atoms with Gasteiger partial charge in [0.15, 0.2) is 5.78 Å². The van der Waals surface area contributed by atoms with Gasteiger partial charge in [-0.05, 0) is 51.1 Å². The van der Waals surface area contributed by atoms with E-state index in [0.717, 1.165) is 22.3 Å². The number of carbonyl (C=O) groups excluding carboxylic acids is 1. The molecule has 0 radical (unpaired) electrons. The quantitative estimate of drug-likeness (QED) is 0.252. The van der Waals surface area contributed by atoms with Crippen LogP contribution < -0.4 is 15.8 Å². The minimum Gasteiger partial charge on any atom is -0.422 e. The van der Waals surface area contributed by atoms with Crippen molar-refractivity contribution < 1.29 is 13.9 Å². The average molecular weight is 526 g/mol. The van der Waals surface area contributed by atoms with Crippen LogP contribution >= 0.6 is 0 Å². The molecular weight excluding hydrogens is 498 g/mol. The first-order valence-electron chi connectivity index (χ1n) is 12.8. The lowest BCUT2D eigenvalue weighted by Gasteiger charge is -2.30. The molecule has 198 valence electrons. The molecule has 2 aromatic carbocycles. The van der Waals surface area contributed by atoms with E-state index in [1.807, 2.05) is 46.0 Å². The fourth-order valence-corrected chi connectivity index (χ4v) is 4.87. The van der Waals surface area contributed by atoms with Gasteiger partial charge in [0.05, 0.1) is 30.1 Å². The highest BCUT2D eigenvalue weighted by molar-refractivity contribution is 6.07. The SMILES string of the molecule is CC(=O)c1c(N2CCOCC2)c2ccc(Nc3nccc(-c4ccc5nnn(C(C)C)c5c4)n3)cc2oc1=O. The number of ketones is 1. The molecule has 1 aliphatic heterocycles. The summed E-state index contributed by atoms with van der Waals surface area (Å²) in [4.78, 5) is 36.3. The van der Waals surface area contributed by atoms with Gasteiger partial charge in [-0.25, -0.2) is 19.4 Å². The zero-order valence-electron chi connectivity index (χ0n) is 21.8. The second kappa shape index (κ2) is 9.91. The molecule has 11 nitrogen and oxygen atoms in total. The van der Waals surface area contributed by atoms with Crippen molar-refractivity contribution >= 4 is 45.1 Å². The van der Waals surface area contributed by atoms with Crippen molar-refractivity contribution in [2.75, 3.05) is 36.5 Å². The van der Waals surface area contributed by atoms with Crippen LogP contribution in [0.4, 0.5) is 17.3 Å². The summed E-state index contributed by atoms with van der Waals surface area (Å²) < 4.78 is 12.9. The minimum absolute atomic E-state index is 0.0622. The number of morpholine rings is 1. The Balaban J connectivity index is 1.35. The fourth-order valence-electron chi connectivity index (χ4n) is 4.87. The number of ether oxygens (including phenoxy) is 1. The van der Waals surface area contributed by atoms with Gasteiger partial charge >= 0.3 is 5.63 Å². The van der Waals surface area contributed by atoms with Crippen molar-refractivity contribution in [2.45, 2.75) is 26.8 Å². The molecule has 5 aromatic rings. The second-order valence-electron chi connectivity index (χ2n) is 9.70. The van der Waals surface area contributed by atoms with Crippen molar-refractivity contribution in [3.63, 3.8) is 0 Å². The molecule has 1 saturated heterocycles. The van der Waals surface area contributed by atoms with Crippen molar-refractivity contribution in [3.8, 4) is 11.3 Å². The standard InChI is InChI=1S/C28H27N7O4/c1-16(2)35-23-14-18(4-7-22(23)32-33-35)21-8-9-29-28(31-21)30-19-5-6-20-24(15-19)39-27(37)25(17(3)36)26(20)34-10-12-38-13-11-34/h4-9,14-16H,10-13H2,1-3H3,(H,29,30,31). The van der Waals surface area contributed by atoms with E-state index in [1.54, 1.807) is 12.3 Å². The molecule has 3 aromatic heterocycles. The summed E-state index contributed by atoms with van der Waals surface area (Å²) in [5.74, 6) is 0.0588. The summed E-state index contributed by atoms with van der Waals surface area (Å²) in [6.45, 7) is 7.71. The number of rotatable bonds is 6. The van der Waals surface area contributed by atoms with Gasteiger partial charge in [-0.1, -0.05) is 11.3 Å².